The Balaban J connectivity index is 1.75. The van der Waals surface area contributed by atoms with Crippen LogP contribution in [-0.2, 0) is 4.79 Å². The van der Waals surface area contributed by atoms with Crippen LogP contribution in [0.15, 0.2) is 24.3 Å². The number of aliphatic hydroxyl groups is 1. The zero-order valence-corrected chi connectivity index (χ0v) is 11.7. The van der Waals surface area contributed by atoms with Gasteiger partial charge >= 0.3 is 0 Å². The normalized spacial score (nSPS) is 15.5. The average molecular weight is 279 g/mol. The van der Waals surface area contributed by atoms with E-state index in [1.54, 1.807) is 19.2 Å². The molecule has 0 aliphatic heterocycles. The van der Waals surface area contributed by atoms with E-state index >= 15 is 0 Å². The van der Waals surface area contributed by atoms with Crippen molar-refractivity contribution in [3.8, 4) is 11.5 Å². The lowest BCUT2D eigenvalue weighted by atomic mass is 10.0. The molecule has 20 heavy (non-hydrogen) atoms. The van der Waals surface area contributed by atoms with E-state index in [2.05, 4.69) is 5.32 Å². The summed E-state index contributed by atoms with van der Waals surface area (Å²) in [4.78, 5) is 11.8. The summed E-state index contributed by atoms with van der Waals surface area (Å²) < 4.78 is 10.6. The lowest BCUT2D eigenvalue weighted by Crippen LogP contribution is -2.34. The van der Waals surface area contributed by atoms with Gasteiger partial charge in [-0.2, -0.15) is 0 Å². The Bertz CT molecular complexity index is 457. The maximum Gasteiger partial charge on any atom is 0.257 e. The summed E-state index contributed by atoms with van der Waals surface area (Å²) in [7, 11) is 1.56. The number of methoxy groups -OCH3 is 1. The fourth-order valence-electron chi connectivity index (χ4n) is 2.15. The molecule has 1 aliphatic rings. The molecule has 0 spiro atoms. The molecule has 1 saturated carbocycles. The molecule has 0 unspecified atom stereocenters. The smallest absolute Gasteiger partial charge is 0.257 e. The van der Waals surface area contributed by atoms with E-state index < -0.39 is 0 Å². The van der Waals surface area contributed by atoms with Crippen molar-refractivity contribution >= 4 is 5.91 Å². The number of carbonyl (C=O) groups excluding carboxylic acids is 1. The second-order valence-corrected chi connectivity index (χ2v) is 5.19. The highest BCUT2D eigenvalue weighted by Crippen LogP contribution is 2.47. The van der Waals surface area contributed by atoms with E-state index in [1.807, 2.05) is 12.1 Å². The van der Waals surface area contributed by atoms with Crippen LogP contribution in [0.25, 0.3) is 0 Å². The summed E-state index contributed by atoms with van der Waals surface area (Å²) in [5, 5.41) is 11.8. The number of ether oxygens (including phenoxy) is 2. The molecule has 2 N–H and O–H groups in total. The molecule has 0 radical (unpaired) electrons. The molecule has 1 aromatic carbocycles. The van der Waals surface area contributed by atoms with Crippen LogP contribution in [0.1, 0.15) is 19.3 Å². The van der Waals surface area contributed by atoms with Crippen LogP contribution in [-0.4, -0.2) is 37.9 Å². The molecule has 2 rings (SSSR count). The molecule has 0 saturated heterocycles. The number of para-hydroxylation sites is 2. The van der Waals surface area contributed by atoms with Crippen LogP contribution in [0.3, 0.4) is 0 Å². The van der Waals surface area contributed by atoms with Crippen molar-refractivity contribution in [1.29, 1.82) is 0 Å². The van der Waals surface area contributed by atoms with Gasteiger partial charge in [0.2, 0.25) is 0 Å². The highest BCUT2D eigenvalue weighted by molar-refractivity contribution is 5.77. The fourth-order valence-corrected chi connectivity index (χ4v) is 2.15. The molecule has 1 amide bonds. The first kappa shape index (κ1) is 14.7. The molecular formula is C15H21NO4. The molecule has 5 nitrogen and oxygen atoms in total. The number of hydrogen-bond acceptors (Lipinski definition) is 4. The zero-order valence-electron chi connectivity index (χ0n) is 11.7. The molecular weight excluding hydrogens is 258 g/mol. The maximum absolute atomic E-state index is 11.8. The van der Waals surface area contributed by atoms with Gasteiger partial charge in [0, 0.05) is 13.2 Å². The van der Waals surface area contributed by atoms with Crippen molar-refractivity contribution in [1.82, 2.24) is 5.32 Å². The van der Waals surface area contributed by atoms with E-state index in [-0.39, 0.29) is 24.5 Å². The first-order chi connectivity index (χ1) is 9.69. The van der Waals surface area contributed by atoms with Crippen molar-refractivity contribution in [3.63, 3.8) is 0 Å². The zero-order chi connectivity index (χ0) is 14.4. The topological polar surface area (TPSA) is 67.8 Å². The minimum absolute atomic E-state index is 0.0322. The van der Waals surface area contributed by atoms with E-state index in [0.29, 0.717) is 18.0 Å². The van der Waals surface area contributed by atoms with Gasteiger partial charge in [0.1, 0.15) is 0 Å². The molecule has 0 atom stereocenters. The summed E-state index contributed by atoms with van der Waals surface area (Å²) in [5.41, 5.74) is 0.120. The van der Waals surface area contributed by atoms with E-state index in [9.17, 15) is 4.79 Å². The largest absolute Gasteiger partial charge is 0.493 e. The van der Waals surface area contributed by atoms with E-state index in [1.165, 1.54) is 0 Å². The third-order valence-electron chi connectivity index (χ3n) is 3.69. The number of benzene rings is 1. The Morgan fingerprint density at radius 1 is 1.35 bits per heavy atom. The van der Waals surface area contributed by atoms with E-state index in [0.717, 1.165) is 19.3 Å². The number of hydrogen-bond donors (Lipinski definition) is 2. The Morgan fingerprint density at radius 3 is 2.65 bits per heavy atom. The van der Waals surface area contributed by atoms with Gasteiger partial charge in [-0.1, -0.05) is 12.1 Å². The second-order valence-electron chi connectivity index (χ2n) is 5.19. The summed E-state index contributed by atoms with van der Waals surface area (Å²) in [6.07, 6.45) is 2.89. The monoisotopic (exact) mass is 279 g/mol. The minimum Gasteiger partial charge on any atom is -0.493 e. The van der Waals surface area contributed by atoms with Crippen LogP contribution in [0.2, 0.25) is 0 Å². The third-order valence-corrected chi connectivity index (χ3v) is 3.69. The van der Waals surface area contributed by atoms with Gasteiger partial charge < -0.3 is 19.9 Å². The number of aliphatic hydroxyl groups excluding tert-OH is 1. The van der Waals surface area contributed by atoms with Gasteiger partial charge in [-0.15, -0.1) is 0 Å². The predicted octanol–water partition coefficient (Wildman–Crippen LogP) is 1.35. The third kappa shape index (κ3) is 3.87. The summed E-state index contributed by atoms with van der Waals surface area (Å²) in [5.74, 6) is 1.01. The van der Waals surface area contributed by atoms with Gasteiger partial charge in [0.05, 0.1) is 7.11 Å². The molecule has 1 fully saturated rings. The summed E-state index contributed by atoms with van der Waals surface area (Å²) >= 11 is 0. The number of nitrogens with one attached hydrogen (secondary N) is 1. The predicted molar refractivity (Wildman–Crippen MR) is 74.9 cm³/mol. The minimum atomic E-state index is -0.153. The number of amides is 1. The molecule has 0 heterocycles. The Labute approximate surface area is 118 Å². The van der Waals surface area contributed by atoms with Gasteiger partial charge in [0.15, 0.2) is 18.1 Å². The van der Waals surface area contributed by atoms with Crippen molar-refractivity contribution in [3.05, 3.63) is 24.3 Å². The molecule has 1 aromatic rings. The SMILES string of the molecule is COc1ccccc1OCC(=O)NCC1(CCO)CC1. The standard InChI is InChI=1S/C15H21NO4/c1-19-12-4-2-3-5-13(12)20-10-14(18)16-11-15(6-7-15)8-9-17/h2-5,17H,6-11H2,1H3,(H,16,18). The van der Waals surface area contributed by atoms with Crippen LogP contribution in [0, 0.1) is 5.41 Å². The van der Waals surface area contributed by atoms with Crippen molar-refractivity contribution in [2.24, 2.45) is 5.41 Å². The van der Waals surface area contributed by atoms with Gasteiger partial charge in [-0.3, -0.25) is 4.79 Å². The lowest BCUT2D eigenvalue weighted by Gasteiger charge is -2.15. The molecule has 0 bridgehead atoms. The highest BCUT2D eigenvalue weighted by Gasteiger charge is 2.41. The van der Waals surface area contributed by atoms with Gasteiger partial charge in [-0.05, 0) is 36.8 Å². The molecule has 1 aliphatic carbocycles. The van der Waals surface area contributed by atoms with Gasteiger partial charge in [0.25, 0.3) is 5.91 Å². The van der Waals surface area contributed by atoms with Crippen LogP contribution in [0.4, 0.5) is 0 Å². The Hall–Kier alpha value is -1.75. The quantitative estimate of drug-likeness (QED) is 0.754. The van der Waals surface area contributed by atoms with Crippen LogP contribution < -0.4 is 14.8 Å². The van der Waals surface area contributed by atoms with Crippen LogP contribution in [0.5, 0.6) is 11.5 Å². The second kappa shape index (κ2) is 6.61. The molecule has 110 valence electrons. The van der Waals surface area contributed by atoms with Crippen LogP contribution >= 0.6 is 0 Å². The Morgan fingerprint density at radius 2 is 2.05 bits per heavy atom. The first-order valence-corrected chi connectivity index (χ1v) is 6.82. The average Bonchev–Trinajstić information content (AvgIpc) is 3.24. The first-order valence-electron chi connectivity index (χ1n) is 6.82. The number of carbonyl (C=O) groups is 1. The van der Waals surface area contributed by atoms with Crippen molar-refractivity contribution < 1.29 is 19.4 Å². The summed E-state index contributed by atoms with van der Waals surface area (Å²) in [6, 6.07) is 7.22. The van der Waals surface area contributed by atoms with Crippen molar-refractivity contribution in [2.75, 3.05) is 26.9 Å². The lowest BCUT2D eigenvalue weighted by molar-refractivity contribution is -0.123. The maximum atomic E-state index is 11.8. The molecule has 0 aromatic heterocycles. The summed E-state index contributed by atoms with van der Waals surface area (Å²) in [6.45, 7) is 0.755. The Kier molecular flexibility index (Phi) is 4.84. The molecule has 5 heteroatoms. The van der Waals surface area contributed by atoms with E-state index in [4.69, 9.17) is 14.6 Å². The van der Waals surface area contributed by atoms with Gasteiger partial charge in [-0.25, -0.2) is 0 Å². The van der Waals surface area contributed by atoms with Crippen molar-refractivity contribution in [2.45, 2.75) is 19.3 Å². The number of rotatable bonds is 8. The fraction of sp³-hybridized carbons (Fsp3) is 0.533. The highest BCUT2D eigenvalue weighted by atomic mass is 16.5.